The van der Waals surface area contributed by atoms with Crippen LogP contribution in [-0.4, -0.2) is 22.3 Å². The Morgan fingerprint density at radius 2 is 1.94 bits per heavy atom. The molecule has 9 heteroatoms. The van der Waals surface area contributed by atoms with Gasteiger partial charge in [-0.15, -0.1) is 0 Å². The zero-order valence-electron chi connectivity index (χ0n) is 8.17. The van der Waals surface area contributed by atoms with Crippen LogP contribution in [0.25, 0.3) is 0 Å². The van der Waals surface area contributed by atoms with Gasteiger partial charge in [0, 0.05) is 44.8 Å². The summed E-state index contributed by atoms with van der Waals surface area (Å²) in [4.78, 5) is 19.2. The topological polar surface area (TPSA) is 105 Å². The summed E-state index contributed by atoms with van der Waals surface area (Å²) < 4.78 is 7.12. The van der Waals surface area contributed by atoms with E-state index in [-0.39, 0.29) is 46.6 Å². The summed E-state index contributed by atoms with van der Waals surface area (Å²) in [5.74, 6) is -0.598. The molecule has 1 radical (unpaired) electrons. The number of ether oxygens (including phenoxy) is 1. The molecule has 16 heavy (non-hydrogen) atoms. The molecule has 0 saturated heterocycles. The average Bonchev–Trinajstić information content (AvgIpc) is 2.14. The van der Waals surface area contributed by atoms with E-state index in [1.807, 2.05) is 0 Å². The summed E-state index contributed by atoms with van der Waals surface area (Å²) >= 11 is 0.562. The van der Waals surface area contributed by atoms with Crippen molar-refractivity contribution >= 4 is 24.5 Å². The molecule has 0 spiro atoms. The summed E-state index contributed by atoms with van der Waals surface area (Å²) in [6.07, 6.45) is 0. The Labute approximate surface area is 124 Å². The van der Waals surface area contributed by atoms with Gasteiger partial charge in [0.15, 0.2) is 0 Å². The van der Waals surface area contributed by atoms with E-state index in [1.165, 1.54) is 13.8 Å². The fourth-order valence-electron chi connectivity index (χ4n) is 0.307. The van der Waals surface area contributed by atoms with E-state index in [0.29, 0.717) is 12.0 Å². The number of rotatable bonds is 4. The van der Waals surface area contributed by atoms with Crippen molar-refractivity contribution < 1.29 is 66.8 Å². The Kier molecular flexibility index (Phi) is 24.1. The maximum Gasteiger partial charge on any atom is 0.292 e. The molecule has 0 fully saturated rings. The minimum Gasteiger partial charge on any atom is -0.691 e. The van der Waals surface area contributed by atoms with Crippen LogP contribution in [0.3, 0.4) is 0 Å². The second-order valence-electron chi connectivity index (χ2n) is 2.27. The first-order chi connectivity index (χ1) is 6.46. The third-order valence-electron chi connectivity index (χ3n) is 0.893. The van der Waals surface area contributed by atoms with E-state index in [2.05, 4.69) is 21.2 Å². The molecule has 0 aliphatic rings. The fraction of sp³-hybridized carbons (Fsp3) is 0.571. The summed E-state index contributed by atoms with van der Waals surface area (Å²) in [5.41, 5.74) is 0. The van der Waals surface area contributed by atoms with Crippen molar-refractivity contribution in [3.05, 3.63) is 7.11 Å². The monoisotopic (exact) mass is 331 g/mol. The molecule has 0 aliphatic carbocycles. The molecule has 0 heterocycles. The second-order valence-corrected chi connectivity index (χ2v) is 3.59. The smallest absolute Gasteiger partial charge is 0.292 e. The number of carbonyl (C=O) groups is 2. The maximum absolute atomic E-state index is 10.8. The molecule has 0 saturated carbocycles. The second kappa shape index (κ2) is 15.3. The number of carbonyl (C=O) groups excluding carboxylic acids is 1. The van der Waals surface area contributed by atoms with Crippen molar-refractivity contribution in [1.29, 1.82) is 0 Å². The van der Waals surface area contributed by atoms with Gasteiger partial charge in [0.1, 0.15) is 4.75 Å². The number of esters is 1. The zero-order chi connectivity index (χ0) is 11.6. The fourth-order valence-corrected chi connectivity index (χ4v) is 0.632. The van der Waals surface area contributed by atoms with Crippen LogP contribution in [0.2, 0.25) is 0 Å². The van der Waals surface area contributed by atoms with E-state index in [0.717, 1.165) is 0 Å². The van der Waals surface area contributed by atoms with Gasteiger partial charge in [-0.2, -0.15) is 11.4 Å². The summed E-state index contributed by atoms with van der Waals surface area (Å²) in [6, 6.07) is 0. The molecule has 0 amide bonds. The van der Waals surface area contributed by atoms with Gasteiger partial charge in [0.25, 0.3) is 12.4 Å². The van der Waals surface area contributed by atoms with E-state index in [4.69, 9.17) is 9.90 Å². The molecular formula is C7H14O7SY-2. The van der Waals surface area contributed by atoms with E-state index < -0.39 is 10.7 Å². The van der Waals surface area contributed by atoms with Gasteiger partial charge in [0.2, 0.25) is 0 Å². The van der Waals surface area contributed by atoms with Crippen molar-refractivity contribution in [1.82, 2.24) is 0 Å². The molecule has 0 rings (SSSR count). The average molecular weight is 331 g/mol. The molecule has 0 atom stereocenters. The number of hydrogen-bond acceptors (Lipinski definition) is 7. The third kappa shape index (κ3) is 14.3. The van der Waals surface area contributed by atoms with Crippen LogP contribution >= 0.6 is 12.0 Å². The molecule has 95 valence electrons. The van der Waals surface area contributed by atoms with Gasteiger partial charge < -0.3 is 15.1 Å². The molecule has 0 aromatic rings. The Morgan fingerprint density at radius 1 is 1.56 bits per heavy atom. The number of hydrogen-bond donors (Lipinski definition) is 1. The summed E-state index contributed by atoms with van der Waals surface area (Å²) in [6.45, 7) is 2.76. The van der Waals surface area contributed by atoms with Crippen molar-refractivity contribution in [2.24, 2.45) is 0 Å². The predicted molar refractivity (Wildman–Crippen MR) is 50.7 cm³/mol. The van der Waals surface area contributed by atoms with Crippen molar-refractivity contribution in [3.8, 4) is 0 Å². The standard InChI is InChI=1S/C5H9O5S.CH2O2.CH4.Y/c1-5(2,4(6)8-3)11-10-9-7;2-1-3;;/h7H,3H2,1-2H3;1H,(H,2,3);1H4;/q-1;;;/p-1. The molecule has 0 aromatic carbocycles. The van der Waals surface area contributed by atoms with Crippen LogP contribution < -0.4 is 5.26 Å². The normalized spacial score (nSPS) is 8.50. The maximum atomic E-state index is 10.8. The van der Waals surface area contributed by atoms with E-state index in [1.54, 1.807) is 0 Å². The SMILES string of the molecule is C.O=CO.[CH2-]OC(=O)C(C)(C)SOO[O-].[Y]. The Bertz CT molecular complexity index is 176. The van der Waals surface area contributed by atoms with Crippen LogP contribution in [0.1, 0.15) is 21.3 Å². The van der Waals surface area contributed by atoms with Gasteiger partial charge >= 0.3 is 0 Å². The van der Waals surface area contributed by atoms with Crippen LogP contribution in [-0.2, 0) is 56.4 Å². The quantitative estimate of drug-likeness (QED) is 0.196. The predicted octanol–water partition coefficient (Wildman–Crippen LogP) is 0.306. The van der Waals surface area contributed by atoms with E-state index >= 15 is 0 Å². The first-order valence-electron chi connectivity index (χ1n) is 3.14. The molecule has 0 aliphatic heterocycles. The van der Waals surface area contributed by atoms with Crippen LogP contribution in [0, 0.1) is 7.11 Å². The van der Waals surface area contributed by atoms with Crippen molar-refractivity contribution in [2.45, 2.75) is 26.0 Å². The minimum atomic E-state index is -0.994. The van der Waals surface area contributed by atoms with E-state index in [9.17, 15) is 10.1 Å². The Balaban J connectivity index is -0.000000129. The third-order valence-corrected chi connectivity index (χ3v) is 1.60. The largest absolute Gasteiger partial charge is 0.691 e. The van der Waals surface area contributed by atoms with Crippen molar-refractivity contribution in [3.63, 3.8) is 0 Å². The van der Waals surface area contributed by atoms with Gasteiger partial charge in [-0.3, -0.25) is 14.6 Å². The Morgan fingerprint density at radius 3 is 2.19 bits per heavy atom. The Hall–Kier alpha value is 0.274. The molecular weight excluding hydrogens is 317 g/mol. The zero-order valence-corrected chi connectivity index (χ0v) is 11.8. The van der Waals surface area contributed by atoms with Crippen molar-refractivity contribution in [2.75, 3.05) is 0 Å². The molecule has 1 N–H and O–H groups in total. The molecule has 7 nitrogen and oxygen atoms in total. The first kappa shape index (κ1) is 25.2. The van der Waals surface area contributed by atoms with Gasteiger partial charge in [-0.25, -0.2) is 0 Å². The molecule has 0 bridgehead atoms. The minimum absolute atomic E-state index is 0. The summed E-state index contributed by atoms with van der Waals surface area (Å²) in [5, 5.41) is 19.3. The van der Waals surface area contributed by atoms with Crippen LogP contribution in [0.15, 0.2) is 0 Å². The first-order valence-corrected chi connectivity index (χ1v) is 3.89. The van der Waals surface area contributed by atoms with Gasteiger partial charge in [-0.1, -0.05) is 7.43 Å². The van der Waals surface area contributed by atoms with Crippen LogP contribution in [0.5, 0.6) is 0 Å². The number of carboxylic acid groups (broad SMARTS) is 1. The van der Waals surface area contributed by atoms with Gasteiger partial charge in [-0.05, 0) is 13.8 Å². The van der Waals surface area contributed by atoms with Crippen LogP contribution in [0.4, 0.5) is 0 Å². The van der Waals surface area contributed by atoms with Gasteiger partial charge in [0.05, 0.1) is 0 Å². The molecule has 0 unspecified atom stereocenters. The molecule has 0 aromatic heterocycles. The summed E-state index contributed by atoms with van der Waals surface area (Å²) in [7, 11) is 2.92.